The van der Waals surface area contributed by atoms with Crippen molar-refractivity contribution >= 4 is 17.3 Å². The van der Waals surface area contributed by atoms with Gasteiger partial charge in [0.25, 0.3) is 0 Å². The van der Waals surface area contributed by atoms with E-state index in [9.17, 15) is 13.2 Å². The van der Waals surface area contributed by atoms with Crippen molar-refractivity contribution in [2.75, 3.05) is 12.4 Å². The van der Waals surface area contributed by atoms with E-state index in [4.69, 9.17) is 20.8 Å². The first kappa shape index (κ1) is 18.1. The molecule has 0 fully saturated rings. The number of methoxy groups -OCH3 is 1. The quantitative estimate of drug-likeness (QED) is 0.669. The van der Waals surface area contributed by atoms with E-state index >= 15 is 0 Å². The average molecular weight is 384 g/mol. The van der Waals surface area contributed by atoms with Crippen molar-refractivity contribution in [2.24, 2.45) is 0 Å². The van der Waals surface area contributed by atoms with Crippen LogP contribution in [0.1, 0.15) is 11.5 Å². The van der Waals surface area contributed by atoms with E-state index in [0.717, 1.165) is 12.1 Å². The average Bonchev–Trinajstić information content (AvgIpc) is 3.09. The van der Waals surface area contributed by atoms with E-state index in [1.54, 1.807) is 31.4 Å². The van der Waals surface area contributed by atoms with Gasteiger partial charge in [0, 0.05) is 5.56 Å². The molecule has 0 saturated carbocycles. The molecule has 26 heavy (non-hydrogen) atoms. The number of alkyl halides is 3. The minimum atomic E-state index is -4.45. The Bertz CT molecular complexity index is 895. The van der Waals surface area contributed by atoms with Crippen LogP contribution in [-0.2, 0) is 12.7 Å². The molecular weight excluding hydrogens is 371 g/mol. The van der Waals surface area contributed by atoms with E-state index in [-0.39, 0.29) is 23.1 Å². The van der Waals surface area contributed by atoms with E-state index in [2.05, 4.69) is 15.5 Å². The number of hydrogen-bond donors (Lipinski definition) is 1. The van der Waals surface area contributed by atoms with Gasteiger partial charge in [-0.05, 0) is 42.5 Å². The van der Waals surface area contributed by atoms with Crippen molar-refractivity contribution in [3.8, 4) is 17.2 Å². The Morgan fingerprint density at radius 3 is 2.50 bits per heavy atom. The highest BCUT2D eigenvalue weighted by Crippen LogP contribution is 2.34. The van der Waals surface area contributed by atoms with E-state index in [1.165, 1.54) is 6.07 Å². The molecule has 0 unspecified atom stereocenters. The van der Waals surface area contributed by atoms with Crippen molar-refractivity contribution in [3.05, 3.63) is 58.9 Å². The molecule has 0 aliphatic heterocycles. The van der Waals surface area contributed by atoms with Crippen LogP contribution >= 0.6 is 11.6 Å². The van der Waals surface area contributed by atoms with Gasteiger partial charge in [-0.15, -0.1) is 10.2 Å². The summed E-state index contributed by atoms with van der Waals surface area (Å²) in [5.74, 6) is 1.19. The number of hydrogen-bond acceptors (Lipinski definition) is 5. The number of halogens is 4. The maximum absolute atomic E-state index is 12.8. The first-order valence-corrected chi connectivity index (χ1v) is 7.82. The van der Waals surface area contributed by atoms with Crippen LogP contribution in [0, 0.1) is 0 Å². The van der Waals surface area contributed by atoms with Gasteiger partial charge < -0.3 is 14.5 Å². The van der Waals surface area contributed by atoms with E-state index in [0.29, 0.717) is 17.2 Å². The Kier molecular flexibility index (Phi) is 5.03. The van der Waals surface area contributed by atoms with Gasteiger partial charge in [-0.1, -0.05) is 11.6 Å². The number of ether oxygens (including phenoxy) is 1. The number of nitrogens with one attached hydrogen (secondary N) is 1. The lowest BCUT2D eigenvalue weighted by atomic mass is 10.2. The molecule has 0 saturated heterocycles. The maximum Gasteiger partial charge on any atom is 0.416 e. The second kappa shape index (κ2) is 7.25. The van der Waals surface area contributed by atoms with Crippen molar-refractivity contribution in [2.45, 2.75) is 12.7 Å². The Labute approximate surface area is 151 Å². The van der Waals surface area contributed by atoms with Crippen LogP contribution in [0.4, 0.5) is 18.9 Å². The summed E-state index contributed by atoms with van der Waals surface area (Å²) < 4.78 is 48.9. The molecule has 0 amide bonds. The molecule has 0 aliphatic rings. The first-order valence-electron chi connectivity index (χ1n) is 7.44. The van der Waals surface area contributed by atoms with E-state index in [1.807, 2.05) is 0 Å². The zero-order chi connectivity index (χ0) is 18.7. The summed E-state index contributed by atoms with van der Waals surface area (Å²) in [5.41, 5.74) is 0.0289. The van der Waals surface area contributed by atoms with Gasteiger partial charge in [-0.2, -0.15) is 13.2 Å². The monoisotopic (exact) mass is 383 g/mol. The third-order valence-electron chi connectivity index (χ3n) is 3.53. The summed E-state index contributed by atoms with van der Waals surface area (Å²) in [6.07, 6.45) is -4.45. The van der Waals surface area contributed by atoms with Gasteiger partial charge >= 0.3 is 6.18 Å². The van der Waals surface area contributed by atoms with Gasteiger partial charge in [0.05, 0.1) is 29.9 Å². The normalized spacial score (nSPS) is 11.4. The largest absolute Gasteiger partial charge is 0.497 e. The van der Waals surface area contributed by atoms with Gasteiger partial charge in [0.2, 0.25) is 11.8 Å². The summed E-state index contributed by atoms with van der Waals surface area (Å²) in [6.45, 7) is 0.0319. The number of nitrogens with zero attached hydrogens (tertiary/aromatic N) is 2. The van der Waals surface area contributed by atoms with Gasteiger partial charge in [-0.25, -0.2) is 0 Å². The van der Waals surface area contributed by atoms with Gasteiger partial charge in [-0.3, -0.25) is 0 Å². The first-order chi connectivity index (χ1) is 12.4. The van der Waals surface area contributed by atoms with Crippen LogP contribution in [0.2, 0.25) is 5.02 Å². The smallest absolute Gasteiger partial charge is 0.416 e. The number of rotatable bonds is 5. The molecule has 1 heterocycles. The summed E-state index contributed by atoms with van der Waals surface area (Å²) in [7, 11) is 1.56. The third-order valence-corrected chi connectivity index (χ3v) is 3.86. The zero-order valence-electron chi connectivity index (χ0n) is 13.5. The lowest BCUT2D eigenvalue weighted by molar-refractivity contribution is -0.137. The number of anilines is 1. The summed E-state index contributed by atoms with van der Waals surface area (Å²) in [4.78, 5) is 0. The van der Waals surface area contributed by atoms with Gasteiger partial charge in [0.15, 0.2) is 0 Å². The molecular formula is C17H13ClF3N3O2. The molecule has 0 spiro atoms. The molecule has 3 rings (SSSR count). The zero-order valence-corrected chi connectivity index (χ0v) is 14.2. The molecule has 3 aromatic rings. The molecule has 0 radical (unpaired) electrons. The van der Waals surface area contributed by atoms with Crippen molar-refractivity contribution in [1.29, 1.82) is 0 Å². The highest BCUT2D eigenvalue weighted by atomic mass is 35.5. The van der Waals surface area contributed by atoms with Crippen molar-refractivity contribution in [3.63, 3.8) is 0 Å². The molecule has 0 atom stereocenters. The maximum atomic E-state index is 12.8. The molecule has 136 valence electrons. The van der Waals surface area contributed by atoms with Crippen LogP contribution in [-0.4, -0.2) is 17.3 Å². The highest BCUT2D eigenvalue weighted by molar-refractivity contribution is 6.33. The van der Waals surface area contributed by atoms with E-state index < -0.39 is 11.7 Å². The number of benzene rings is 2. The Morgan fingerprint density at radius 2 is 1.85 bits per heavy atom. The summed E-state index contributed by atoms with van der Waals surface area (Å²) in [6, 6.07) is 10.1. The van der Waals surface area contributed by atoms with Crippen LogP contribution < -0.4 is 10.1 Å². The van der Waals surface area contributed by atoms with Crippen molar-refractivity contribution in [1.82, 2.24) is 10.2 Å². The molecule has 2 aromatic carbocycles. The van der Waals surface area contributed by atoms with Gasteiger partial charge in [0.1, 0.15) is 5.75 Å². The molecule has 1 aromatic heterocycles. The van der Waals surface area contributed by atoms with Crippen molar-refractivity contribution < 1.29 is 22.3 Å². The third kappa shape index (κ3) is 4.08. The minimum Gasteiger partial charge on any atom is -0.497 e. The van der Waals surface area contributed by atoms with Crippen LogP contribution in [0.3, 0.4) is 0 Å². The standard InChI is InChI=1S/C17H13ClF3N3O2/c1-25-12-5-2-10(3-6-12)16-24-23-15(26-16)9-22-14-8-11(17(19,20)21)4-7-13(14)18/h2-8,22H,9H2,1H3. The summed E-state index contributed by atoms with van der Waals surface area (Å²) in [5, 5.41) is 10.7. The summed E-state index contributed by atoms with van der Waals surface area (Å²) >= 11 is 5.93. The molecule has 0 bridgehead atoms. The predicted molar refractivity (Wildman–Crippen MR) is 90.1 cm³/mol. The van der Waals surface area contributed by atoms with Crippen LogP contribution in [0.5, 0.6) is 5.75 Å². The number of aromatic nitrogens is 2. The fourth-order valence-corrected chi connectivity index (χ4v) is 2.37. The molecule has 1 N–H and O–H groups in total. The second-order valence-corrected chi connectivity index (χ2v) is 5.68. The Balaban J connectivity index is 1.72. The highest BCUT2D eigenvalue weighted by Gasteiger charge is 2.31. The molecule has 9 heteroatoms. The lowest BCUT2D eigenvalue weighted by Crippen LogP contribution is -2.07. The Morgan fingerprint density at radius 1 is 1.12 bits per heavy atom. The Hall–Kier alpha value is -2.74. The fraction of sp³-hybridized carbons (Fsp3) is 0.176. The SMILES string of the molecule is COc1ccc(-c2nnc(CNc3cc(C(F)(F)F)ccc3Cl)o2)cc1. The predicted octanol–water partition coefficient (Wildman–Crippen LogP) is 5.03. The minimum absolute atomic E-state index is 0.0319. The topological polar surface area (TPSA) is 60.2 Å². The molecule has 5 nitrogen and oxygen atoms in total. The second-order valence-electron chi connectivity index (χ2n) is 5.28. The molecule has 0 aliphatic carbocycles. The lowest BCUT2D eigenvalue weighted by Gasteiger charge is -2.11. The van der Waals surface area contributed by atoms with Crippen LogP contribution in [0.15, 0.2) is 46.9 Å². The van der Waals surface area contributed by atoms with Crippen LogP contribution in [0.25, 0.3) is 11.5 Å². The fourth-order valence-electron chi connectivity index (χ4n) is 2.18.